The van der Waals surface area contributed by atoms with E-state index in [9.17, 15) is 4.79 Å². The molecule has 0 unspecified atom stereocenters. The van der Waals surface area contributed by atoms with Crippen molar-refractivity contribution in [3.05, 3.63) is 93.9 Å². The van der Waals surface area contributed by atoms with Crippen LogP contribution in [0.1, 0.15) is 21.6 Å². The predicted molar refractivity (Wildman–Crippen MR) is 115 cm³/mol. The summed E-state index contributed by atoms with van der Waals surface area (Å²) < 4.78 is 1.63. The number of hydrogen-bond donors (Lipinski definition) is 1. The fourth-order valence-electron chi connectivity index (χ4n) is 2.84. The number of nitrogens with one attached hydrogen (secondary N) is 1. The Morgan fingerprint density at radius 1 is 1.14 bits per heavy atom. The van der Waals surface area contributed by atoms with E-state index in [4.69, 9.17) is 23.2 Å². The van der Waals surface area contributed by atoms with E-state index in [-0.39, 0.29) is 5.69 Å². The zero-order valence-electron chi connectivity index (χ0n) is 15.1. The van der Waals surface area contributed by atoms with Crippen LogP contribution in [0.3, 0.4) is 0 Å². The highest BCUT2D eigenvalue weighted by Gasteiger charge is 2.10. The Bertz CT molecular complexity index is 1210. The number of aromatic nitrogens is 3. The molecular weight excluding hydrogens is 409 g/mol. The third kappa shape index (κ3) is 4.45. The van der Waals surface area contributed by atoms with Crippen LogP contribution in [0.5, 0.6) is 0 Å². The van der Waals surface area contributed by atoms with Crippen molar-refractivity contribution in [2.75, 3.05) is 0 Å². The number of para-hydroxylation sites is 1. The van der Waals surface area contributed by atoms with E-state index in [1.54, 1.807) is 41.5 Å². The second-order valence-corrected chi connectivity index (χ2v) is 7.10. The summed E-state index contributed by atoms with van der Waals surface area (Å²) in [6.45, 7) is 0.425. The van der Waals surface area contributed by atoms with Gasteiger partial charge in [-0.3, -0.25) is 14.5 Å². The molecule has 0 bridgehead atoms. The number of fused-ring (bicyclic) bond motifs is 1. The van der Waals surface area contributed by atoms with Crippen LogP contribution in [0.15, 0.2) is 72.1 Å². The van der Waals surface area contributed by atoms with Gasteiger partial charge in [0.05, 0.1) is 18.3 Å². The maximum atomic E-state index is 12.3. The number of hydrogen-bond acceptors (Lipinski definition) is 4. The molecule has 0 aliphatic rings. The molecule has 0 spiro atoms. The Morgan fingerprint density at radius 3 is 2.86 bits per heavy atom. The van der Waals surface area contributed by atoms with Crippen molar-refractivity contribution in [3.8, 4) is 0 Å². The predicted octanol–water partition coefficient (Wildman–Crippen LogP) is 4.55. The molecule has 0 atom stereocenters. The van der Waals surface area contributed by atoms with Gasteiger partial charge < -0.3 is 0 Å². The molecule has 1 amide bonds. The number of hydrazone groups is 1. The van der Waals surface area contributed by atoms with Gasteiger partial charge in [0.1, 0.15) is 0 Å². The minimum Gasteiger partial charge on any atom is -0.267 e. The lowest BCUT2D eigenvalue weighted by molar-refractivity contribution is 0.0949. The summed E-state index contributed by atoms with van der Waals surface area (Å²) in [6, 6.07) is 16.5. The molecule has 2 aromatic carbocycles. The van der Waals surface area contributed by atoms with Crippen molar-refractivity contribution >= 4 is 46.2 Å². The number of amides is 1. The van der Waals surface area contributed by atoms with Gasteiger partial charge in [0.25, 0.3) is 5.91 Å². The highest BCUT2D eigenvalue weighted by atomic mass is 35.5. The molecule has 0 aliphatic carbocycles. The number of nitrogens with zero attached hydrogens (tertiary/aromatic N) is 4. The van der Waals surface area contributed by atoms with Gasteiger partial charge in [-0.25, -0.2) is 5.43 Å². The van der Waals surface area contributed by atoms with Crippen LogP contribution in [-0.4, -0.2) is 26.9 Å². The fraction of sp³-hybridized carbons (Fsp3) is 0.0476. The number of carbonyl (C=O) groups is 1. The summed E-state index contributed by atoms with van der Waals surface area (Å²) >= 11 is 12.1. The Hall–Kier alpha value is -3.22. The second-order valence-electron chi connectivity index (χ2n) is 6.26. The zero-order chi connectivity index (χ0) is 20.2. The van der Waals surface area contributed by atoms with E-state index in [1.165, 1.54) is 0 Å². The molecule has 4 aromatic rings. The molecule has 0 saturated carbocycles. The monoisotopic (exact) mass is 423 g/mol. The summed E-state index contributed by atoms with van der Waals surface area (Å²) in [5.41, 5.74) is 5.23. The average Bonchev–Trinajstić information content (AvgIpc) is 3.19. The molecule has 0 saturated heterocycles. The van der Waals surface area contributed by atoms with Gasteiger partial charge >= 0.3 is 0 Å². The number of benzene rings is 2. The first-order valence-electron chi connectivity index (χ1n) is 8.75. The van der Waals surface area contributed by atoms with Gasteiger partial charge in [-0.15, -0.1) is 0 Å². The average molecular weight is 424 g/mol. The number of carbonyl (C=O) groups excluding carboxylic acids is 1. The smallest absolute Gasteiger partial charge is 0.267 e. The first kappa shape index (κ1) is 19.1. The molecule has 1 N–H and O–H groups in total. The summed E-state index contributed by atoms with van der Waals surface area (Å²) in [6.07, 6.45) is 4.99. The highest BCUT2D eigenvalue weighted by molar-refractivity contribution is 6.35. The van der Waals surface area contributed by atoms with E-state index in [1.807, 2.05) is 36.4 Å². The summed E-state index contributed by atoms with van der Waals surface area (Å²) in [5.74, 6) is -0.407. The van der Waals surface area contributed by atoms with E-state index >= 15 is 0 Å². The van der Waals surface area contributed by atoms with Crippen molar-refractivity contribution in [1.82, 2.24) is 20.2 Å². The maximum Gasteiger partial charge on any atom is 0.291 e. The zero-order valence-corrected chi connectivity index (χ0v) is 16.6. The molecule has 144 valence electrons. The maximum absolute atomic E-state index is 12.3. The molecule has 2 heterocycles. The Labute approximate surface area is 176 Å². The van der Waals surface area contributed by atoms with Gasteiger partial charge in [-0.1, -0.05) is 53.5 Å². The summed E-state index contributed by atoms with van der Waals surface area (Å²) in [4.78, 5) is 16.7. The molecule has 0 aliphatic heterocycles. The lowest BCUT2D eigenvalue weighted by atomic mass is 10.1. The van der Waals surface area contributed by atoms with Crippen LogP contribution >= 0.6 is 23.2 Å². The first-order valence-corrected chi connectivity index (χ1v) is 9.50. The van der Waals surface area contributed by atoms with E-state index in [2.05, 4.69) is 20.6 Å². The lowest BCUT2D eigenvalue weighted by Crippen LogP contribution is -2.18. The minimum atomic E-state index is -0.407. The normalized spacial score (nSPS) is 11.2. The summed E-state index contributed by atoms with van der Waals surface area (Å²) in [7, 11) is 0. The third-order valence-electron chi connectivity index (χ3n) is 4.25. The standard InChI is InChI=1S/C21H15Cl2N5O/c22-17-7-6-16(18(23)11-17)13-28-10-8-19(27-28)21(29)26-25-12-15-4-1-3-14-5-2-9-24-20(14)15/h1-12H,13H2,(H,26,29). The highest BCUT2D eigenvalue weighted by Crippen LogP contribution is 2.21. The molecular formula is C21H15Cl2N5O. The number of pyridine rings is 1. The first-order chi connectivity index (χ1) is 14.1. The van der Waals surface area contributed by atoms with Crippen molar-refractivity contribution in [2.24, 2.45) is 5.10 Å². The quantitative estimate of drug-likeness (QED) is 0.378. The van der Waals surface area contributed by atoms with Crippen molar-refractivity contribution in [2.45, 2.75) is 6.54 Å². The summed E-state index contributed by atoms with van der Waals surface area (Å²) in [5, 5.41) is 10.4. The Balaban J connectivity index is 1.43. The van der Waals surface area contributed by atoms with Crippen LogP contribution in [0.4, 0.5) is 0 Å². The largest absolute Gasteiger partial charge is 0.291 e. The van der Waals surface area contributed by atoms with Gasteiger partial charge in [-0.05, 0) is 29.8 Å². The Kier molecular flexibility index (Phi) is 5.55. The number of rotatable bonds is 5. The lowest BCUT2D eigenvalue weighted by Gasteiger charge is -2.05. The van der Waals surface area contributed by atoms with E-state index < -0.39 is 5.91 Å². The molecule has 0 fully saturated rings. The SMILES string of the molecule is O=C(NN=Cc1cccc2cccnc12)c1ccn(Cc2ccc(Cl)cc2Cl)n1. The Morgan fingerprint density at radius 2 is 2.00 bits per heavy atom. The second kappa shape index (κ2) is 8.43. The van der Waals surface area contributed by atoms with Crippen LogP contribution in [0.25, 0.3) is 10.9 Å². The number of halogens is 2. The minimum absolute atomic E-state index is 0.253. The van der Waals surface area contributed by atoms with Crippen LogP contribution in [0, 0.1) is 0 Å². The van der Waals surface area contributed by atoms with Gasteiger partial charge in [0.2, 0.25) is 0 Å². The molecule has 2 aromatic heterocycles. The fourth-order valence-corrected chi connectivity index (χ4v) is 3.31. The topological polar surface area (TPSA) is 72.2 Å². The van der Waals surface area contributed by atoms with Crippen LogP contribution in [-0.2, 0) is 6.54 Å². The van der Waals surface area contributed by atoms with Crippen molar-refractivity contribution in [1.29, 1.82) is 0 Å². The van der Waals surface area contributed by atoms with Gasteiger partial charge in [0.15, 0.2) is 5.69 Å². The van der Waals surface area contributed by atoms with E-state index in [0.29, 0.717) is 16.6 Å². The molecule has 6 nitrogen and oxygen atoms in total. The van der Waals surface area contributed by atoms with Crippen LogP contribution < -0.4 is 5.43 Å². The van der Waals surface area contributed by atoms with Gasteiger partial charge in [0, 0.05) is 33.4 Å². The van der Waals surface area contributed by atoms with Crippen molar-refractivity contribution < 1.29 is 4.79 Å². The third-order valence-corrected chi connectivity index (χ3v) is 4.84. The van der Waals surface area contributed by atoms with E-state index in [0.717, 1.165) is 22.0 Å². The van der Waals surface area contributed by atoms with Crippen molar-refractivity contribution in [3.63, 3.8) is 0 Å². The van der Waals surface area contributed by atoms with Gasteiger partial charge in [-0.2, -0.15) is 10.2 Å². The molecule has 29 heavy (non-hydrogen) atoms. The molecule has 0 radical (unpaired) electrons. The molecule has 8 heteroatoms. The van der Waals surface area contributed by atoms with Crippen LogP contribution in [0.2, 0.25) is 10.0 Å². The molecule has 4 rings (SSSR count).